The second-order valence-corrected chi connectivity index (χ2v) is 4.99. The van der Waals surface area contributed by atoms with E-state index in [2.05, 4.69) is 27.6 Å². The van der Waals surface area contributed by atoms with Gasteiger partial charge >= 0.3 is 0 Å². The average Bonchev–Trinajstić information content (AvgIpc) is 2.77. The van der Waals surface area contributed by atoms with Crippen LogP contribution < -0.4 is 5.73 Å². The van der Waals surface area contributed by atoms with Crippen molar-refractivity contribution in [1.29, 1.82) is 0 Å². The number of nitrogens with zero attached hydrogens (tertiary/aromatic N) is 3. The molecule has 1 aromatic carbocycles. The molecule has 0 radical (unpaired) electrons. The van der Waals surface area contributed by atoms with Crippen LogP contribution in [0.1, 0.15) is 17.8 Å². The molecule has 2 rings (SSSR count). The number of aryl methyl sites for hydroxylation is 2. The molecule has 2 N–H and O–H groups in total. The molecule has 1 aromatic heterocycles. The van der Waals surface area contributed by atoms with E-state index in [9.17, 15) is 0 Å². The second-order valence-electron chi connectivity index (χ2n) is 4.99. The third-order valence-electron chi connectivity index (χ3n) is 3.37. The Labute approximate surface area is 114 Å². The molecule has 0 saturated heterocycles. The lowest BCUT2D eigenvalue weighted by atomic mass is 10.1. The summed E-state index contributed by atoms with van der Waals surface area (Å²) in [4.78, 5) is 6.63. The molecule has 0 atom stereocenters. The molecule has 0 fully saturated rings. The van der Waals surface area contributed by atoms with E-state index in [0.717, 1.165) is 37.4 Å². The highest BCUT2D eigenvalue weighted by molar-refractivity contribution is 5.46. The normalized spacial score (nSPS) is 11.1. The fourth-order valence-corrected chi connectivity index (χ4v) is 2.17. The van der Waals surface area contributed by atoms with Crippen molar-refractivity contribution in [2.45, 2.75) is 19.4 Å². The first-order chi connectivity index (χ1) is 9.16. The SMILES string of the molecule is CN(CCCc1ccccc1N)Cc1nccn1C. The molecule has 0 bridgehead atoms. The number of hydrogen-bond donors (Lipinski definition) is 1. The smallest absolute Gasteiger partial charge is 0.122 e. The monoisotopic (exact) mass is 258 g/mol. The van der Waals surface area contributed by atoms with Crippen molar-refractivity contribution >= 4 is 5.69 Å². The average molecular weight is 258 g/mol. The van der Waals surface area contributed by atoms with E-state index in [-0.39, 0.29) is 0 Å². The van der Waals surface area contributed by atoms with E-state index in [1.165, 1.54) is 5.56 Å². The zero-order valence-electron chi connectivity index (χ0n) is 11.7. The predicted molar refractivity (Wildman–Crippen MR) is 78.7 cm³/mol. The van der Waals surface area contributed by atoms with Gasteiger partial charge in [0.1, 0.15) is 5.82 Å². The van der Waals surface area contributed by atoms with Gasteiger partial charge in [0, 0.05) is 25.1 Å². The summed E-state index contributed by atoms with van der Waals surface area (Å²) < 4.78 is 2.06. The lowest BCUT2D eigenvalue weighted by Gasteiger charge is -2.16. The summed E-state index contributed by atoms with van der Waals surface area (Å²) >= 11 is 0. The van der Waals surface area contributed by atoms with Crippen molar-refractivity contribution < 1.29 is 0 Å². The van der Waals surface area contributed by atoms with E-state index in [1.807, 2.05) is 37.6 Å². The summed E-state index contributed by atoms with van der Waals surface area (Å²) in [6.45, 7) is 1.93. The van der Waals surface area contributed by atoms with Crippen LogP contribution in [0.2, 0.25) is 0 Å². The summed E-state index contributed by atoms with van der Waals surface area (Å²) in [5.41, 5.74) is 8.08. The van der Waals surface area contributed by atoms with Gasteiger partial charge in [0.2, 0.25) is 0 Å². The van der Waals surface area contributed by atoms with Crippen molar-refractivity contribution in [2.75, 3.05) is 19.3 Å². The largest absolute Gasteiger partial charge is 0.399 e. The molecular weight excluding hydrogens is 236 g/mol. The fourth-order valence-electron chi connectivity index (χ4n) is 2.17. The Morgan fingerprint density at radius 3 is 2.79 bits per heavy atom. The Hall–Kier alpha value is -1.81. The van der Waals surface area contributed by atoms with Crippen LogP contribution in [-0.2, 0) is 20.0 Å². The van der Waals surface area contributed by atoms with Gasteiger partial charge in [-0.15, -0.1) is 0 Å². The molecule has 0 aliphatic rings. The molecule has 19 heavy (non-hydrogen) atoms. The van der Waals surface area contributed by atoms with E-state index in [0.29, 0.717) is 0 Å². The third-order valence-corrected chi connectivity index (χ3v) is 3.37. The van der Waals surface area contributed by atoms with Crippen LogP contribution >= 0.6 is 0 Å². The van der Waals surface area contributed by atoms with E-state index >= 15 is 0 Å². The molecule has 102 valence electrons. The van der Waals surface area contributed by atoms with Crippen LogP contribution in [0.25, 0.3) is 0 Å². The van der Waals surface area contributed by atoms with E-state index in [4.69, 9.17) is 5.73 Å². The van der Waals surface area contributed by atoms with E-state index in [1.54, 1.807) is 0 Å². The number of anilines is 1. The Morgan fingerprint density at radius 1 is 1.32 bits per heavy atom. The first kappa shape index (κ1) is 13.6. The van der Waals surface area contributed by atoms with Crippen LogP contribution in [0.3, 0.4) is 0 Å². The zero-order chi connectivity index (χ0) is 13.7. The maximum absolute atomic E-state index is 5.94. The molecule has 2 aromatic rings. The van der Waals surface area contributed by atoms with Crippen LogP contribution in [-0.4, -0.2) is 28.0 Å². The summed E-state index contributed by atoms with van der Waals surface area (Å²) in [6.07, 6.45) is 5.95. The third kappa shape index (κ3) is 3.83. The topological polar surface area (TPSA) is 47.1 Å². The molecule has 1 heterocycles. The molecular formula is C15H22N4. The molecule has 0 aliphatic carbocycles. The lowest BCUT2D eigenvalue weighted by Crippen LogP contribution is -2.21. The standard InChI is InChI=1S/C15H22N4/c1-18(12-15-17-9-11-19(15)2)10-5-7-13-6-3-4-8-14(13)16/h3-4,6,8-9,11H,5,7,10,12,16H2,1-2H3. The second kappa shape index (κ2) is 6.38. The number of para-hydroxylation sites is 1. The zero-order valence-corrected chi connectivity index (χ0v) is 11.7. The van der Waals surface area contributed by atoms with Crippen LogP contribution in [0.15, 0.2) is 36.7 Å². The number of nitrogen functional groups attached to an aromatic ring is 1. The number of imidazole rings is 1. The minimum atomic E-state index is 0.883. The van der Waals surface area contributed by atoms with Crippen molar-refractivity contribution in [3.63, 3.8) is 0 Å². The van der Waals surface area contributed by atoms with Crippen molar-refractivity contribution in [1.82, 2.24) is 14.5 Å². The molecule has 0 amide bonds. The first-order valence-electron chi connectivity index (χ1n) is 6.65. The van der Waals surface area contributed by atoms with Gasteiger partial charge in [-0.3, -0.25) is 4.90 Å². The van der Waals surface area contributed by atoms with Crippen LogP contribution in [0.4, 0.5) is 5.69 Å². The van der Waals surface area contributed by atoms with Gasteiger partial charge in [0.05, 0.1) is 6.54 Å². The number of benzene rings is 1. The molecule has 4 nitrogen and oxygen atoms in total. The van der Waals surface area contributed by atoms with Crippen LogP contribution in [0, 0.1) is 0 Å². The minimum absolute atomic E-state index is 0.883. The Balaban J connectivity index is 1.77. The van der Waals surface area contributed by atoms with Crippen molar-refractivity contribution in [3.05, 3.63) is 48.0 Å². The quantitative estimate of drug-likeness (QED) is 0.807. The van der Waals surface area contributed by atoms with Gasteiger partial charge in [-0.25, -0.2) is 4.98 Å². The highest BCUT2D eigenvalue weighted by atomic mass is 15.1. The summed E-state index contributed by atoms with van der Waals surface area (Å²) in [6, 6.07) is 8.09. The Morgan fingerprint density at radius 2 is 2.11 bits per heavy atom. The van der Waals surface area contributed by atoms with E-state index < -0.39 is 0 Å². The summed E-state index contributed by atoms with van der Waals surface area (Å²) in [5.74, 6) is 1.10. The van der Waals surface area contributed by atoms with Gasteiger partial charge in [0.25, 0.3) is 0 Å². The van der Waals surface area contributed by atoms with Gasteiger partial charge in [-0.05, 0) is 38.1 Å². The molecule has 0 aliphatic heterocycles. The van der Waals surface area contributed by atoms with Gasteiger partial charge in [-0.2, -0.15) is 0 Å². The van der Waals surface area contributed by atoms with Gasteiger partial charge in [0.15, 0.2) is 0 Å². The maximum Gasteiger partial charge on any atom is 0.122 e. The molecule has 0 saturated carbocycles. The highest BCUT2D eigenvalue weighted by Crippen LogP contribution is 2.13. The number of rotatable bonds is 6. The van der Waals surface area contributed by atoms with Gasteiger partial charge < -0.3 is 10.3 Å². The number of nitrogens with two attached hydrogens (primary N) is 1. The lowest BCUT2D eigenvalue weighted by molar-refractivity contribution is 0.311. The first-order valence-corrected chi connectivity index (χ1v) is 6.65. The minimum Gasteiger partial charge on any atom is -0.399 e. The maximum atomic E-state index is 5.94. The molecule has 0 spiro atoms. The summed E-state index contributed by atoms with van der Waals surface area (Å²) in [5, 5.41) is 0. The highest BCUT2D eigenvalue weighted by Gasteiger charge is 2.05. The van der Waals surface area contributed by atoms with Crippen LogP contribution in [0.5, 0.6) is 0 Å². The van der Waals surface area contributed by atoms with Crippen molar-refractivity contribution in [2.24, 2.45) is 7.05 Å². The molecule has 0 unspecified atom stereocenters. The predicted octanol–water partition coefficient (Wildman–Crippen LogP) is 2.07. The fraction of sp³-hybridized carbons (Fsp3) is 0.400. The van der Waals surface area contributed by atoms with Crippen molar-refractivity contribution in [3.8, 4) is 0 Å². The Bertz CT molecular complexity index is 518. The number of hydrogen-bond acceptors (Lipinski definition) is 3. The molecule has 4 heteroatoms. The number of aromatic nitrogens is 2. The van der Waals surface area contributed by atoms with Gasteiger partial charge in [-0.1, -0.05) is 18.2 Å². The Kier molecular flexibility index (Phi) is 4.58. The summed E-state index contributed by atoms with van der Waals surface area (Å²) in [7, 11) is 4.16.